The van der Waals surface area contributed by atoms with E-state index in [1.54, 1.807) is 0 Å². The summed E-state index contributed by atoms with van der Waals surface area (Å²) in [5.41, 5.74) is 0.857. The fourth-order valence-electron chi connectivity index (χ4n) is 1.70. The number of rotatable bonds is 4. The van der Waals surface area contributed by atoms with Crippen LogP contribution in [0.25, 0.3) is 11.0 Å². The highest BCUT2D eigenvalue weighted by molar-refractivity contribution is 9.10. The molecule has 0 spiro atoms. The molecule has 1 aromatic heterocycles. The summed E-state index contributed by atoms with van der Waals surface area (Å²) < 4.78 is 6.67. The van der Waals surface area contributed by atoms with Crippen molar-refractivity contribution in [3.8, 4) is 0 Å². The van der Waals surface area contributed by atoms with Gasteiger partial charge in [-0.1, -0.05) is 25.4 Å². The van der Waals surface area contributed by atoms with Crippen LogP contribution in [0.15, 0.2) is 27.1 Å². The fraction of sp³-hybridized carbons (Fsp3) is 0.385. The predicted molar refractivity (Wildman–Crippen MR) is 75.5 cm³/mol. The van der Waals surface area contributed by atoms with Crippen molar-refractivity contribution in [2.45, 2.75) is 20.4 Å². The van der Waals surface area contributed by atoms with Gasteiger partial charge in [0.15, 0.2) is 0 Å². The second-order valence-corrected chi connectivity index (χ2v) is 5.83. The van der Waals surface area contributed by atoms with Gasteiger partial charge >= 0.3 is 0 Å². The molecule has 0 bridgehead atoms. The van der Waals surface area contributed by atoms with Crippen LogP contribution in [0.3, 0.4) is 0 Å². The smallest absolute Gasteiger partial charge is 0.148 e. The van der Waals surface area contributed by atoms with Crippen LogP contribution in [0.2, 0.25) is 5.02 Å². The Morgan fingerprint density at radius 1 is 1.35 bits per heavy atom. The van der Waals surface area contributed by atoms with Gasteiger partial charge in [0.2, 0.25) is 0 Å². The molecule has 0 aliphatic carbocycles. The summed E-state index contributed by atoms with van der Waals surface area (Å²) in [5, 5.41) is 5.10. The van der Waals surface area contributed by atoms with Gasteiger partial charge < -0.3 is 9.73 Å². The molecule has 0 radical (unpaired) electrons. The summed E-state index contributed by atoms with van der Waals surface area (Å²) in [5.74, 6) is 1.57. The average Bonchev–Trinajstić information content (AvgIpc) is 2.60. The first-order valence-electron chi connectivity index (χ1n) is 5.64. The number of hydrogen-bond donors (Lipinski definition) is 1. The summed E-state index contributed by atoms with van der Waals surface area (Å²) >= 11 is 9.45. The lowest BCUT2D eigenvalue weighted by atomic mass is 10.2. The molecule has 0 fully saturated rings. The highest BCUT2D eigenvalue weighted by Crippen LogP contribution is 2.30. The lowest BCUT2D eigenvalue weighted by Crippen LogP contribution is -2.18. The van der Waals surface area contributed by atoms with E-state index < -0.39 is 0 Å². The van der Waals surface area contributed by atoms with Crippen LogP contribution >= 0.6 is 27.5 Å². The van der Waals surface area contributed by atoms with E-state index in [0.29, 0.717) is 10.9 Å². The number of fused-ring (bicyclic) bond motifs is 1. The number of furan rings is 1. The zero-order valence-electron chi connectivity index (χ0n) is 9.89. The van der Waals surface area contributed by atoms with E-state index in [2.05, 4.69) is 35.1 Å². The van der Waals surface area contributed by atoms with Gasteiger partial charge in [-0.05, 0) is 46.6 Å². The van der Waals surface area contributed by atoms with Gasteiger partial charge in [0.1, 0.15) is 11.3 Å². The highest BCUT2D eigenvalue weighted by atomic mass is 79.9. The van der Waals surface area contributed by atoms with Gasteiger partial charge in [-0.2, -0.15) is 0 Å². The molecule has 0 aliphatic rings. The van der Waals surface area contributed by atoms with Crippen molar-refractivity contribution in [3.63, 3.8) is 0 Å². The summed E-state index contributed by atoms with van der Waals surface area (Å²) in [7, 11) is 0. The monoisotopic (exact) mass is 315 g/mol. The first-order valence-corrected chi connectivity index (χ1v) is 6.81. The molecule has 2 nitrogen and oxygen atoms in total. The largest absolute Gasteiger partial charge is 0.459 e. The molecule has 2 rings (SSSR count). The van der Waals surface area contributed by atoms with E-state index in [1.165, 1.54) is 0 Å². The fourth-order valence-corrected chi connectivity index (χ4v) is 2.62. The van der Waals surface area contributed by atoms with Crippen molar-refractivity contribution in [2.75, 3.05) is 6.54 Å². The van der Waals surface area contributed by atoms with Crippen molar-refractivity contribution in [2.24, 2.45) is 5.92 Å². The van der Waals surface area contributed by atoms with E-state index in [-0.39, 0.29) is 0 Å². The van der Waals surface area contributed by atoms with Gasteiger partial charge in [0.05, 0.1) is 11.0 Å². The van der Waals surface area contributed by atoms with Crippen molar-refractivity contribution in [1.82, 2.24) is 5.32 Å². The molecule has 0 unspecified atom stereocenters. The molecule has 1 heterocycles. The van der Waals surface area contributed by atoms with Gasteiger partial charge in [-0.15, -0.1) is 0 Å². The zero-order valence-corrected chi connectivity index (χ0v) is 12.2. The Bertz CT molecular complexity index is 521. The van der Waals surface area contributed by atoms with Crippen LogP contribution in [0.5, 0.6) is 0 Å². The van der Waals surface area contributed by atoms with Crippen molar-refractivity contribution in [3.05, 3.63) is 33.5 Å². The minimum Gasteiger partial charge on any atom is -0.459 e. The second kappa shape index (κ2) is 5.42. The normalized spacial score (nSPS) is 11.6. The van der Waals surface area contributed by atoms with E-state index in [9.17, 15) is 0 Å². The van der Waals surface area contributed by atoms with Crippen LogP contribution in [0.1, 0.15) is 19.6 Å². The van der Waals surface area contributed by atoms with E-state index in [4.69, 9.17) is 16.0 Å². The van der Waals surface area contributed by atoms with E-state index in [1.807, 2.05) is 18.2 Å². The summed E-state index contributed by atoms with van der Waals surface area (Å²) in [6.45, 7) is 6.10. The van der Waals surface area contributed by atoms with E-state index in [0.717, 1.165) is 34.3 Å². The number of halogens is 2. The topological polar surface area (TPSA) is 25.2 Å². The van der Waals surface area contributed by atoms with Crippen LogP contribution in [-0.4, -0.2) is 6.54 Å². The molecule has 0 atom stereocenters. The quantitative estimate of drug-likeness (QED) is 0.892. The predicted octanol–water partition coefficient (Wildman–Crippen LogP) is 4.59. The Hall–Kier alpha value is -0.510. The lowest BCUT2D eigenvalue weighted by Gasteiger charge is -2.04. The molecular formula is C13H15BrClNO. The third kappa shape index (κ3) is 3.24. The molecule has 2 aromatic rings. The number of benzene rings is 1. The average molecular weight is 317 g/mol. The van der Waals surface area contributed by atoms with Crippen molar-refractivity contribution in [1.29, 1.82) is 0 Å². The van der Waals surface area contributed by atoms with Gasteiger partial charge in [0, 0.05) is 10.4 Å². The standard InChI is InChI=1S/C13H15BrClNO/c1-8(2)6-16-7-11-4-9-3-10(15)5-12(14)13(9)17-11/h3-5,8,16H,6-7H2,1-2H3. The molecular weight excluding hydrogens is 302 g/mol. The SMILES string of the molecule is CC(C)CNCc1cc2cc(Cl)cc(Br)c2o1. The third-order valence-electron chi connectivity index (χ3n) is 2.44. The molecule has 4 heteroatoms. The van der Waals surface area contributed by atoms with Crippen molar-refractivity contribution >= 4 is 38.5 Å². The first-order chi connectivity index (χ1) is 8.06. The minimum atomic E-state index is 0.639. The van der Waals surface area contributed by atoms with Gasteiger partial charge in [-0.3, -0.25) is 0 Å². The Morgan fingerprint density at radius 3 is 2.82 bits per heavy atom. The lowest BCUT2D eigenvalue weighted by molar-refractivity contribution is 0.484. The summed E-state index contributed by atoms with van der Waals surface area (Å²) in [6, 6.07) is 5.79. The summed E-state index contributed by atoms with van der Waals surface area (Å²) in [4.78, 5) is 0. The molecule has 1 N–H and O–H groups in total. The zero-order chi connectivity index (χ0) is 12.4. The van der Waals surface area contributed by atoms with Crippen LogP contribution in [0, 0.1) is 5.92 Å². The third-order valence-corrected chi connectivity index (χ3v) is 3.25. The van der Waals surface area contributed by atoms with Crippen LogP contribution < -0.4 is 5.32 Å². The maximum atomic E-state index is 5.99. The van der Waals surface area contributed by atoms with Crippen LogP contribution in [-0.2, 0) is 6.54 Å². The Balaban J connectivity index is 2.17. The molecule has 0 amide bonds. The molecule has 92 valence electrons. The molecule has 17 heavy (non-hydrogen) atoms. The maximum Gasteiger partial charge on any atom is 0.148 e. The van der Waals surface area contributed by atoms with E-state index >= 15 is 0 Å². The molecule has 0 aliphatic heterocycles. The Morgan fingerprint density at radius 2 is 2.12 bits per heavy atom. The first kappa shape index (κ1) is 12.9. The second-order valence-electron chi connectivity index (χ2n) is 4.54. The highest BCUT2D eigenvalue weighted by Gasteiger charge is 2.08. The van der Waals surface area contributed by atoms with Gasteiger partial charge in [-0.25, -0.2) is 0 Å². The van der Waals surface area contributed by atoms with Crippen molar-refractivity contribution < 1.29 is 4.42 Å². The number of nitrogens with one attached hydrogen (secondary N) is 1. The Kier molecular flexibility index (Phi) is 4.13. The molecule has 0 saturated carbocycles. The van der Waals surface area contributed by atoms with Gasteiger partial charge in [0.25, 0.3) is 0 Å². The minimum absolute atomic E-state index is 0.639. The molecule has 1 aromatic carbocycles. The maximum absolute atomic E-state index is 5.99. The Labute approximate surface area is 114 Å². The van der Waals surface area contributed by atoms with Crippen LogP contribution in [0.4, 0.5) is 0 Å². The number of hydrogen-bond acceptors (Lipinski definition) is 2. The summed E-state index contributed by atoms with van der Waals surface area (Å²) in [6.07, 6.45) is 0. The molecule has 0 saturated heterocycles.